The summed E-state index contributed by atoms with van der Waals surface area (Å²) in [6.07, 6.45) is -2.78. The van der Waals surface area contributed by atoms with E-state index >= 15 is 0 Å². The molecule has 0 unspecified atom stereocenters. The number of carbonyl (C=O) groups excluding carboxylic acids is 1. The van der Waals surface area contributed by atoms with Crippen LogP contribution >= 0.6 is 11.6 Å². The van der Waals surface area contributed by atoms with Crippen molar-refractivity contribution in [2.24, 2.45) is 0 Å². The molecule has 0 bridgehead atoms. The first-order valence-corrected chi connectivity index (χ1v) is 3.97. The fraction of sp³-hybridized carbons (Fsp3) is 0.250. The molecule has 0 atom stereocenters. The molecule has 14 heavy (non-hydrogen) atoms. The van der Waals surface area contributed by atoms with Crippen molar-refractivity contribution in [1.29, 1.82) is 0 Å². The Morgan fingerprint density at radius 2 is 2.21 bits per heavy atom. The van der Waals surface area contributed by atoms with Gasteiger partial charge in [-0.2, -0.15) is 0 Å². The molecule has 1 aromatic heterocycles. The van der Waals surface area contributed by atoms with Gasteiger partial charge in [-0.25, -0.2) is 18.6 Å². The largest absolute Gasteiger partial charge is 0.464 e. The Hall–Kier alpha value is -1.23. The number of rotatable bonds is 2. The number of carbonyl (C=O) groups is 1. The molecular weight excluding hydrogens is 216 g/mol. The Kier molecular flexibility index (Phi) is 3.35. The normalized spacial score (nSPS) is 10.4. The van der Waals surface area contributed by atoms with Crippen molar-refractivity contribution in [1.82, 2.24) is 4.98 Å². The van der Waals surface area contributed by atoms with Crippen LogP contribution < -0.4 is 0 Å². The molecule has 0 radical (unpaired) electrons. The van der Waals surface area contributed by atoms with Crippen LogP contribution in [0, 0.1) is 0 Å². The zero-order chi connectivity index (χ0) is 10.7. The van der Waals surface area contributed by atoms with Gasteiger partial charge in [-0.3, -0.25) is 0 Å². The average molecular weight is 222 g/mol. The van der Waals surface area contributed by atoms with Crippen molar-refractivity contribution in [3.63, 3.8) is 0 Å². The minimum Gasteiger partial charge on any atom is -0.464 e. The second kappa shape index (κ2) is 4.32. The maximum atomic E-state index is 12.4. The number of nitrogens with zero attached hydrogens (tertiary/aromatic N) is 1. The first-order valence-electron chi connectivity index (χ1n) is 3.59. The lowest BCUT2D eigenvalue weighted by molar-refractivity contribution is 0.0581. The highest BCUT2D eigenvalue weighted by Crippen LogP contribution is 2.23. The van der Waals surface area contributed by atoms with Gasteiger partial charge in [0.15, 0.2) is 5.69 Å². The third kappa shape index (κ3) is 2.17. The molecule has 1 aromatic rings. The fourth-order valence-electron chi connectivity index (χ4n) is 0.882. The van der Waals surface area contributed by atoms with E-state index < -0.39 is 23.7 Å². The van der Waals surface area contributed by atoms with Crippen LogP contribution in [0.15, 0.2) is 12.1 Å². The second-order valence-electron chi connectivity index (χ2n) is 2.36. The molecule has 0 saturated heterocycles. The summed E-state index contributed by atoms with van der Waals surface area (Å²) in [5, 5.41) is -0.0326. The number of hydrogen-bond donors (Lipinski definition) is 0. The van der Waals surface area contributed by atoms with E-state index in [1.54, 1.807) is 0 Å². The van der Waals surface area contributed by atoms with Gasteiger partial charge in [0.2, 0.25) is 0 Å². The molecule has 0 aromatic carbocycles. The van der Waals surface area contributed by atoms with Gasteiger partial charge in [-0.05, 0) is 12.1 Å². The van der Waals surface area contributed by atoms with Crippen molar-refractivity contribution < 1.29 is 18.3 Å². The third-order valence-electron chi connectivity index (χ3n) is 1.51. The zero-order valence-electron chi connectivity index (χ0n) is 7.13. The summed E-state index contributed by atoms with van der Waals surface area (Å²) in [7, 11) is 1.08. The van der Waals surface area contributed by atoms with E-state index in [9.17, 15) is 13.6 Å². The predicted molar refractivity (Wildman–Crippen MR) is 45.5 cm³/mol. The van der Waals surface area contributed by atoms with E-state index in [2.05, 4.69) is 9.72 Å². The lowest BCUT2D eigenvalue weighted by atomic mass is 10.2. The SMILES string of the molecule is COC(=O)c1nc(Cl)ccc1C(F)F. The van der Waals surface area contributed by atoms with Crippen molar-refractivity contribution in [2.45, 2.75) is 6.43 Å². The van der Waals surface area contributed by atoms with Crippen LogP contribution in [-0.4, -0.2) is 18.1 Å². The van der Waals surface area contributed by atoms with E-state index in [0.29, 0.717) is 0 Å². The number of esters is 1. The van der Waals surface area contributed by atoms with Gasteiger partial charge in [-0.15, -0.1) is 0 Å². The Morgan fingerprint density at radius 1 is 1.57 bits per heavy atom. The van der Waals surface area contributed by atoms with Gasteiger partial charge >= 0.3 is 5.97 Å². The van der Waals surface area contributed by atoms with Crippen LogP contribution in [0.2, 0.25) is 5.15 Å². The Bertz CT molecular complexity index is 357. The molecule has 3 nitrogen and oxygen atoms in total. The average Bonchev–Trinajstić information content (AvgIpc) is 2.16. The highest BCUT2D eigenvalue weighted by atomic mass is 35.5. The first kappa shape index (κ1) is 10.8. The number of halogens is 3. The van der Waals surface area contributed by atoms with Gasteiger partial charge in [-0.1, -0.05) is 11.6 Å². The molecule has 76 valence electrons. The molecule has 0 fully saturated rings. The molecule has 1 heterocycles. The maximum Gasteiger partial charge on any atom is 0.357 e. The summed E-state index contributed by atoms with van der Waals surface area (Å²) in [6, 6.07) is 2.24. The predicted octanol–water partition coefficient (Wildman–Crippen LogP) is 2.46. The minimum absolute atomic E-state index is 0.0326. The van der Waals surface area contributed by atoms with Crippen LogP contribution in [0.5, 0.6) is 0 Å². The third-order valence-corrected chi connectivity index (χ3v) is 1.72. The molecule has 0 N–H and O–H groups in total. The van der Waals surface area contributed by atoms with E-state index in [4.69, 9.17) is 11.6 Å². The van der Waals surface area contributed by atoms with Crippen molar-refractivity contribution in [2.75, 3.05) is 7.11 Å². The van der Waals surface area contributed by atoms with E-state index in [0.717, 1.165) is 13.2 Å². The number of pyridine rings is 1. The van der Waals surface area contributed by atoms with E-state index in [1.807, 2.05) is 0 Å². The van der Waals surface area contributed by atoms with E-state index in [1.165, 1.54) is 6.07 Å². The van der Waals surface area contributed by atoms with Crippen molar-refractivity contribution in [3.8, 4) is 0 Å². The molecule has 0 aliphatic carbocycles. The quantitative estimate of drug-likeness (QED) is 0.569. The monoisotopic (exact) mass is 221 g/mol. The summed E-state index contributed by atoms with van der Waals surface area (Å²) in [5.74, 6) is -0.928. The first-order chi connectivity index (χ1) is 6.56. The highest BCUT2D eigenvalue weighted by molar-refractivity contribution is 6.29. The number of methoxy groups -OCH3 is 1. The molecule has 0 spiro atoms. The zero-order valence-corrected chi connectivity index (χ0v) is 7.89. The van der Waals surface area contributed by atoms with Gasteiger partial charge in [0.1, 0.15) is 5.15 Å². The molecule has 0 aliphatic rings. The van der Waals surface area contributed by atoms with Gasteiger partial charge < -0.3 is 4.74 Å². The highest BCUT2D eigenvalue weighted by Gasteiger charge is 2.20. The smallest absolute Gasteiger partial charge is 0.357 e. The lowest BCUT2D eigenvalue weighted by Gasteiger charge is -2.05. The number of alkyl halides is 2. The van der Waals surface area contributed by atoms with Crippen LogP contribution in [0.1, 0.15) is 22.5 Å². The van der Waals surface area contributed by atoms with Crippen molar-refractivity contribution in [3.05, 3.63) is 28.5 Å². The molecule has 0 amide bonds. The second-order valence-corrected chi connectivity index (χ2v) is 2.75. The van der Waals surface area contributed by atoms with E-state index in [-0.39, 0.29) is 5.15 Å². The number of aromatic nitrogens is 1. The molecule has 6 heteroatoms. The van der Waals surface area contributed by atoms with Crippen LogP contribution in [0.25, 0.3) is 0 Å². The molecular formula is C8H6ClF2NO2. The maximum absolute atomic E-state index is 12.4. The Morgan fingerprint density at radius 3 is 2.71 bits per heavy atom. The summed E-state index contributed by atoms with van der Waals surface area (Å²) >= 11 is 5.46. The van der Waals surface area contributed by atoms with Crippen molar-refractivity contribution >= 4 is 17.6 Å². The summed E-state index contributed by atoms with van der Waals surface area (Å²) < 4.78 is 29.0. The topological polar surface area (TPSA) is 39.2 Å². The standard InChI is InChI=1S/C8H6ClF2NO2/c1-14-8(13)6-4(7(10)11)2-3-5(9)12-6/h2-3,7H,1H3. The van der Waals surface area contributed by atoms with Gasteiger partial charge in [0, 0.05) is 0 Å². The number of ether oxygens (including phenoxy) is 1. The minimum atomic E-state index is -2.78. The summed E-state index contributed by atoms with van der Waals surface area (Å²) in [5.41, 5.74) is -0.934. The van der Waals surface area contributed by atoms with Crippen LogP contribution in [0.4, 0.5) is 8.78 Å². The van der Waals surface area contributed by atoms with Crippen LogP contribution in [-0.2, 0) is 4.74 Å². The fourth-order valence-corrected chi connectivity index (χ4v) is 1.03. The number of hydrogen-bond acceptors (Lipinski definition) is 3. The molecule has 1 rings (SSSR count). The Labute approximate surface area is 83.7 Å². The van der Waals surface area contributed by atoms with Gasteiger partial charge in [0.25, 0.3) is 6.43 Å². The lowest BCUT2D eigenvalue weighted by Crippen LogP contribution is -2.09. The molecule has 0 aliphatic heterocycles. The summed E-state index contributed by atoms with van der Waals surface area (Å²) in [4.78, 5) is 14.5. The van der Waals surface area contributed by atoms with Crippen LogP contribution in [0.3, 0.4) is 0 Å². The Balaban J connectivity index is 3.22. The summed E-state index contributed by atoms with van der Waals surface area (Å²) in [6.45, 7) is 0. The molecule has 0 saturated carbocycles. The van der Waals surface area contributed by atoms with Gasteiger partial charge in [0.05, 0.1) is 12.7 Å².